The molecule has 0 aliphatic heterocycles. The zero-order chi connectivity index (χ0) is 12.5. The summed E-state index contributed by atoms with van der Waals surface area (Å²) in [4.78, 5) is 18.6. The van der Waals surface area contributed by atoms with Crippen LogP contribution in [0.3, 0.4) is 0 Å². The van der Waals surface area contributed by atoms with Crippen molar-refractivity contribution in [1.82, 2.24) is 14.8 Å². The molecule has 0 saturated heterocycles. The number of ketones is 1. The molecule has 0 spiro atoms. The van der Waals surface area contributed by atoms with E-state index < -0.39 is 0 Å². The maximum Gasteiger partial charge on any atom is 0.180 e. The minimum absolute atomic E-state index is 0.164. The van der Waals surface area contributed by atoms with E-state index in [2.05, 4.69) is 16.1 Å². The molecule has 1 aliphatic rings. The summed E-state index contributed by atoms with van der Waals surface area (Å²) in [5.74, 6) is 0.924. The van der Waals surface area contributed by atoms with Gasteiger partial charge < -0.3 is 0 Å². The number of aryl methyl sites for hydroxylation is 3. The van der Waals surface area contributed by atoms with E-state index >= 15 is 0 Å². The Labute approximate surface area is 110 Å². The number of fused-ring (bicyclic) bond motifs is 1. The molecule has 2 aromatic heterocycles. The second-order valence-corrected chi connectivity index (χ2v) is 5.64. The van der Waals surface area contributed by atoms with Crippen LogP contribution in [0.15, 0.2) is 12.4 Å². The van der Waals surface area contributed by atoms with Crippen LogP contribution in [0.4, 0.5) is 0 Å². The number of aromatic nitrogens is 3. The van der Waals surface area contributed by atoms with Crippen LogP contribution in [0.5, 0.6) is 0 Å². The van der Waals surface area contributed by atoms with Gasteiger partial charge in [0.1, 0.15) is 12.2 Å². The molecule has 0 amide bonds. The number of carbonyl (C=O) groups excluding carboxylic acids is 1. The lowest BCUT2D eigenvalue weighted by Gasteiger charge is -2.01. The van der Waals surface area contributed by atoms with E-state index in [0.29, 0.717) is 6.42 Å². The maximum atomic E-state index is 12.2. The zero-order valence-electron chi connectivity index (χ0n) is 10.3. The van der Waals surface area contributed by atoms with Crippen molar-refractivity contribution in [2.45, 2.75) is 39.2 Å². The molecule has 3 rings (SSSR count). The summed E-state index contributed by atoms with van der Waals surface area (Å²) in [6.45, 7) is 2.76. The normalized spacial score (nSPS) is 13.8. The average molecular weight is 261 g/mol. The zero-order valence-corrected chi connectivity index (χ0v) is 11.2. The fourth-order valence-electron chi connectivity index (χ4n) is 2.39. The van der Waals surface area contributed by atoms with Crippen LogP contribution in [0, 0.1) is 0 Å². The topological polar surface area (TPSA) is 47.8 Å². The SMILES string of the molecule is CCn1ncnc1CC(=O)c1cc2c(s1)CCC2. The van der Waals surface area contributed by atoms with Crippen molar-refractivity contribution in [1.29, 1.82) is 0 Å². The van der Waals surface area contributed by atoms with E-state index in [4.69, 9.17) is 0 Å². The second kappa shape index (κ2) is 4.65. The highest BCUT2D eigenvalue weighted by Crippen LogP contribution is 2.31. The highest BCUT2D eigenvalue weighted by atomic mass is 32.1. The van der Waals surface area contributed by atoms with Gasteiger partial charge in [0, 0.05) is 11.4 Å². The number of thiophene rings is 1. The molecule has 94 valence electrons. The number of rotatable bonds is 4. The van der Waals surface area contributed by atoms with E-state index in [1.54, 1.807) is 16.0 Å². The number of nitrogens with zero attached hydrogens (tertiary/aromatic N) is 3. The third-order valence-corrected chi connectivity index (χ3v) is 4.61. The van der Waals surface area contributed by atoms with Gasteiger partial charge in [-0.25, -0.2) is 9.67 Å². The quantitative estimate of drug-likeness (QED) is 0.793. The monoisotopic (exact) mass is 261 g/mol. The first-order valence-electron chi connectivity index (χ1n) is 6.29. The predicted octanol–water partition coefficient (Wildman–Crippen LogP) is 2.27. The van der Waals surface area contributed by atoms with Crippen LogP contribution in [-0.4, -0.2) is 20.5 Å². The van der Waals surface area contributed by atoms with Crippen molar-refractivity contribution in [2.24, 2.45) is 0 Å². The van der Waals surface area contributed by atoms with E-state index in [1.807, 2.05) is 6.92 Å². The molecule has 0 bridgehead atoms. The van der Waals surface area contributed by atoms with Crippen LogP contribution in [0.25, 0.3) is 0 Å². The van der Waals surface area contributed by atoms with Crippen molar-refractivity contribution < 1.29 is 4.79 Å². The molecule has 1 aliphatic carbocycles. The molecule has 0 N–H and O–H groups in total. The van der Waals surface area contributed by atoms with Gasteiger partial charge >= 0.3 is 0 Å². The summed E-state index contributed by atoms with van der Waals surface area (Å²) in [5, 5.41) is 4.09. The molecule has 2 aromatic rings. The van der Waals surface area contributed by atoms with Gasteiger partial charge in [0.15, 0.2) is 5.78 Å². The molecule has 5 heteroatoms. The summed E-state index contributed by atoms with van der Waals surface area (Å²) >= 11 is 1.66. The average Bonchev–Trinajstić information content (AvgIpc) is 3.02. The molecule has 0 atom stereocenters. The van der Waals surface area contributed by atoms with Crippen molar-refractivity contribution in [2.75, 3.05) is 0 Å². The van der Waals surface area contributed by atoms with Gasteiger partial charge in [-0.15, -0.1) is 11.3 Å². The van der Waals surface area contributed by atoms with Crippen LogP contribution >= 0.6 is 11.3 Å². The second-order valence-electron chi connectivity index (χ2n) is 4.50. The Morgan fingerprint density at radius 1 is 1.50 bits per heavy atom. The first-order valence-corrected chi connectivity index (χ1v) is 7.11. The summed E-state index contributed by atoms with van der Waals surface area (Å²) in [6, 6.07) is 2.07. The lowest BCUT2D eigenvalue weighted by molar-refractivity contribution is 0.0993. The summed E-state index contributed by atoms with van der Waals surface area (Å²) in [7, 11) is 0. The summed E-state index contributed by atoms with van der Waals surface area (Å²) in [5.41, 5.74) is 1.38. The molecule has 0 saturated carbocycles. The van der Waals surface area contributed by atoms with Crippen LogP contribution in [0.1, 0.15) is 39.3 Å². The Hall–Kier alpha value is -1.49. The molecular weight excluding hydrogens is 246 g/mol. The predicted molar refractivity (Wildman–Crippen MR) is 70.1 cm³/mol. The maximum absolute atomic E-state index is 12.2. The van der Waals surface area contributed by atoms with Crippen LogP contribution in [-0.2, 0) is 25.8 Å². The van der Waals surface area contributed by atoms with E-state index in [1.165, 1.54) is 23.2 Å². The summed E-state index contributed by atoms with van der Waals surface area (Å²) < 4.78 is 1.78. The van der Waals surface area contributed by atoms with Gasteiger partial charge in [-0.1, -0.05) is 0 Å². The van der Waals surface area contributed by atoms with E-state index in [-0.39, 0.29) is 5.78 Å². The van der Waals surface area contributed by atoms with Gasteiger partial charge in [0.25, 0.3) is 0 Å². The van der Waals surface area contributed by atoms with Crippen molar-refractivity contribution in [3.05, 3.63) is 33.5 Å². The molecule has 2 heterocycles. The van der Waals surface area contributed by atoms with E-state index in [9.17, 15) is 4.79 Å². The molecule has 0 aromatic carbocycles. The molecule has 0 unspecified atom stereocenters. The first-order chi connectivity index (χ1) is 8.78. The third-order valence-electron chi connectivity index (χ3n) is 3.34. The number of hydrogen-bond acceptors (Lipinski definition) is 4. The van der Waals surface area contributed by atoms with Gasteiger partial charge in [0.05, 0.1) is 11.3 Å². The fourth-order valence-corrected chi connectivity index (χ4v) is 3.58. The van der Waals surface area contributed by atoms with Crippen molar-refractivity contribution >= 4 is 17.1 Å². The van der Waals surface area contributed by atoms with Crippen LogP contribution in [0.2, 0.25) is 0 Å². The minimum atomic E-state index is 0.164. The molecule has 4 nitrogen and oxygen atoms in total. The van der Waals surface area contributed by atoms with Gasteiger partial charge in [-0.3, -0.25) is 4.79 Å². The summed E-state index contributed by atoms with van der Waals surface area (Å²) in [6.07, 6.45) is 5.37. The Bertz CT molecular complexity index is 563. The van der Waals surface area contributed by atoms with Gasteiger partial charge in [-0.2, -0.15) is 5.10 Å². The highest BCUT2D eigenvalue weighted by Gasteiger charge is 2.19. The number of carbonyl (C=O) groups is 1. The van der Waals surface area contributed by atoms with E-state index in [0.717, 1.165) is 30.1 Å². The fraction of sp³-hybridized carbons (Fsp3) is 0.462. The molecule has 18 heavy (non-hydrogen) atoms. The number of hydrogen-bond donors (Lipinski definition) is 0. The Morgan fingerprint density at radius 3 is 3.17 bits per heavy atom. The Kier molecular flexibility index (Phi) is 2.99. The van der Waals surface area contributed by atoms with Gasteiger partial charge in [0.2, 0.25) is 0 Å². The molecule has 0 radical (unpaired) electrons. The molecular formula is C13H15N3OS. The number of Topliss-reactive ketones (excluding diaryl/α,β-unsaturated/α-hetero) is 1. The van der Waals surface area contributed by atoms with Crippen molar-refractivity contribution in [3.8, 4) is 0 Å². The molecule has 0 fully saturated rings. The third kappa shape index (κ3) is 1.99. The standard InChI is InChI=1S/C13H15N3OS/c1-2-16-13(14-8-15-16)7-10(17)12-6-9-4-3-5-11(9)18-12/h6,8H,2-5,7H2,1H3. The smallest absolute Gasteiger partial charge is 0.180 e. The van der Waals surface area contributed by atoms with Gasteiger partial charge in [-0.05, 0) is 37.8 Å². The van der Waals surface area contributed by atoms with Crippen molar-refractivity contribution in [3.63, 3.8) is 0 Å². The highest BCUT2D eigenvalue weighted by molar-refractivity contribution is 7.14. The Balaban J connectivity index is 1.78. The minimum Gasteiger partial charge on any atom is -0.293 e. The van der Waals surface area contributed by atoms with Crippen LogP contribution < -0.4 is 0 Å². The Morgan fingerprint density at radius 2 is 2.39 bits per heavy atom. The lowest BCUT2D eigenvalue weighted by atomic mass is 10.2. The lowest BCUT2D eigenvalue weighted by Crippen LogP contribution is -2.09. The first kappa shape index (κ1) is 11.6. The largest absolute Gasteiger partial charge is 0.293 e.